The summed E-state index contributed by atoms with van der Waals surface area (Å²) in [5.74, 6) is -0.395. The zero-order valence-corrected chi connectivity index (χ0v) is 14.0. The van der Waals surface area contributed by atoms with Crippen molar-refractivity contribution in [2.45, 2.75) is 39.4 Å². The van der Waals surface area contributed by atoms with E-state index in [0.29, 0.717) is 12.0 Å². The van der Waals surface area contributed by atoms with Gasteiger partial charge in [-0.2, -0.15) is 13.9 Å². The van der Waals surface area contributed by atoms with Crippen molar-refractivity contribution in [2.75, 3.05) is 0 Å². The Balaban J connectivity index is 2.43. The maximum atomic E-state index is 12.0. The number of nitro groups is 1. The van der Waals surface area contributed by atoms with Crippen LogP contribution in [0, 0.1) is 10.1 Å². The molecule has 0 aliphatic carbocycles. The van der Waals surface area contributed by atoms with Gasteiger partial charge in [-0.1, -0.05) is 12.1 Å². The van der Waals surface area contributed by atoms with E-state index < -0.39 is 18.6 Å². The predicted molar refractivity (Wildman–Crippen MR) is 86.6 cm³/mol. The maximum Gasteiger partial charge on any atom is 0.450 e. The van der Waals surface area contributed by atoms with Crippen molar-refractivity contribution < 1.29 is 23.7 Å². The largest absolute Gasteiger partial charge is 0.450 e. The summed E-state index contributed by atoms with van der Waals surface area (Å²) in [6.07, 6.45) is 1.52. The van der Waals surface area contributed by atoms with Gasteiger partial charge in [0.25, 0.3) is 5.69 Å². The lowest BCUT2D eigenvalue weighted by Crippen LogP contribution is -2.28. The zero-order valence-electron chi connectivity index (χ0n) is 13.1. The van der Waals surface area contributed by atoms with Crippen LogP contribution >= 0.6 is 7.94 Å². The van der Waals surface area contributed by atoms with Gasteiger partial charge in [-0.3, -0.25) is 14.9 Å². The molecule has 2 atom stereocenters. The number of Topliss-reactive ketones (excluding diaryl/α,β-unsaturated/α-hetero) is 1. The fraction of sp³-hybridized carbons (Fsp3) is 0.400. The Bertz CT molecular complexity index is 649. The number of carbonyl (C=O) groups is 1. The van der Waals surface area contributed by atoms with E-state index in [1.165, 1.54) is 31.2 Å². The lowest BCUT2D eigenvalue weighted by Gasteiger charge is -2.29. The Kier molecular flexibility index (Phi) is 5.26. The number of carbonyl (C=O) groups excluding carboxylic acids is 1. The highest BCUT2D eigenvalue weighted by Crippen LogP contribution is 2.68. The summed E-state index contributed by atoms with van der Waals surface area (Å²) in [6.45, 7) is 4.90. The Labute approximate surface area is 134 Å². The lowest BCUT2D eigenvalue weighted by atomic mass is 10.2. The zero-order chi connectivity index (χ0) is 17.2. The minimum atomic E-state index is -3.50. The van der Waals surface area contributed by atoms with Crippen molar-refractivity contribution in [3.63, 3.8) is 0 Å². The van der Waals surface area contributed by atoms with Crippen LogP contribution in [0.25, 0.3) is 6.08 Å². The molecule has 0 spiro atoms. The Hall–Kier alpha value is -1.66. The molecule has 1 aliphatic rings. The molecule has 0 unspecified atom stereocenters. The smallest absolute Gasteiger partial charge is 0.290 e. The number of hydrogen-bond acceptors (Lipinski definition) is 6. The molecular weight excluding hydrogens is 321 g/mol. The van der Waals surface area contributed by atoms with Gasteiger partial charge in [-0.05, 0) is 25.5 Å². The van der Waals surface area contributed by atoms with E-state index in [4.69, 9.17) is 9.05 Å². The monoisotopic (exact) mass is 340 g/mol. The Morgan fingerprint density at radius 3 is 2.52 bits per heavy atom. The second kappa shape index (κ2) is 6.84. The Morgan fingerprint density at radius 1 is 1.39 bits per heavy atom. The van der Waals surface area contributed by atoms with Crippen molar-refractivity contribution in [3.05, 3.63) is 45.3 Å². The first-order valence-corrected chi connectivity index (χ1v) is 8.75. The number of benzene rings is 1. The quantitative estimate of drug-likeness (QED) is 0.390. The number of hydrogen-bond donors (Lipinski definition) is 1. The number of nitro benzene ring substituents is 1. The Morgan fingerprint density at radius 2 is 2.00 bits per heavy atom. The van der Waals surface area contributed by atoms with E-state index in [2.05, 4.69) is 0 Å². The summed E-state index contributed by atoms with van der Waals surface area (Å²) in [6, 6.07) is 5.80. The summed E-state index contributed by atoms with van der Waals surface area (Å²) in [4.78, 5) is 33.0. The van der Waals surface area contributed by atoms with Gasteiger partial charge in [0.05, 0.1) is 4.92 Å². The molecule has 0 amide bonds. The first kappa shape index (κ1) is 17.7. The normalized spacial score (nSPS) is 28.4. The number of rotatable bonds is 4. The van der Waals surface area contributed by atoms with E-state index >= 15 is 0 Å². The predicted octanol–water partition coefficient (Wildman–Crippen LogP) is 3.49. The van der Waals surface area contributed by atoms with Gasteiger partial charge in [0.15, 0.2) is 0 Å². The standard InChI is InChI=1S/C15H19NO6P/c1-10-7-11(2)22-23(20,21-10)15(12(3)17)9-13-5-4-6-14(8-13)16(18)19/h4-6,8-11,20H,7H2,1-3H3/q+1/t10-,11-/m0/s1. The summed E-state index contributed by atoms with van der Waals surface area (Å²) < 4.78 is 11.1. The molecule has 2 rings (SSSR count). The molecule has 124 valence electrons. The summed E-state index contributed by atoms with van der Waals surface area (Å²) >= 11 is 0. The highest BCUT2D eigenvalue weighted by molar-refractivity contribution is 7.66. The van der Waals surface area contributed by atoms with Crippen molar-refractivity contribution in [2.24, 2.45) is 0 Å². The molecule has 0 saturated carbocycles. The molecule has 0 radical (unpaired) electrons. The van der Waals surface area contributed by atoms with E-state index in [9.17, 15) is 19.8 Å². The second-order valence-corrected chi connectivity index (χ2v) is 7.47. The summed E-state index contributed by atoms with van der Waals surface area (Å²) in [5.41, 5.74) is 0.329. The van der Waals surface area contributed by atoms with Gasteiger partial charge in [0.2, 0.25) is 11.1 Å². The van der Waals surface area contributed by atoms with Gasteiger partial charge >= 0.3 is 7.94 Å². The van der Waals surface area contributed by atoms with Crippen LogP contribution in [0.5, 0.6) is 0 Å². The van der Waals surface area contributed by atoms with E-state index in [0.717, 1.165) is 0 Å². The van der Waals surface area contributed by atoms with E-state index in [1.54, 1.807) is 19.9 Å². The molecule has 0 aromatic heterocycles. The van der Waals surface area contributed by atoms with Crippen molar-refractivity contribution in [1.82, 2.24) is 0 Å². The molecule has 1 N–H and O–H groups in total. The van der Waals surface area contributed by atoms with Crippen LogP contribution < -0.4 is 0 Å². The van der Waals surface area contributed by atoms with Crippen LogP contribution in [0.1, 0.15) is 32.8 Å². The van der Waals surface area contributed by atoms with Gasteiger partial charge in [0, 0.05) is 25.5 Å². The highest BCUT2D eigenvalue weighted by Gasteiger charge is 2.54. The molecule has 1 aromatic carbocycles. The molecule has 1 aliphatic heterocycles. The fourth-order valence-electron chi connectivity index (χ4n) is 2.45. The molecule has 7 nitrogen and oxygen atoms in total. The highest BCUT2D eigenvalue weighted by atomic mass is 31.2. The van der Waals surface area contributed by atoms with Crippen molar-refractivity contribution in [1.29, 1.82) is 0 Å². The molecule has 0 bridgehead atoms. The number of nitrogens with zero attached hydrogens (tertiary/aromatic N) is 1. The second-order valence-electron chi connectivity index (χ2n) is 5.53. The average Bonchev–Trinajstić information content (AvgIpc) is 2.43. The van der Waals surface area contributed by atoms with Crippen LogP contribution in [0.4, 0.5) is 5.69 Å². The molecular formula is C15H19NO6P+. The third-order valence-corrected chi connectivity index (χ3v) is 5.70. The van der Waals surface area contributed by atoms with E-state index in [-0.39, 0.29) is 23.2 Å². The topological polar surface area (TPSA) is 98.9 Å². The molecule has 23 heavy (non-hydrogen) atoms. The fourth-order valence-corrected chi connectivity index (χ4v) is 4.58. The minimum absolute atomic E-state index is 0.0106. The maximum absolute atomic E-state index is 12.0. The van der Waals surface area contributed by atoms with Crippen molar-refractivity contribution in [3.8, 4) is 0 Å². The number of allylic oxidation sites excluding steroid dienone is 1. The van der Waals surface area contributed by atoms with Crippen LogP contribution in [0.2, 0.25) is 0 Å². The summed E-state index contributed by atoms with van der Waals surface area (Å²) in [5, 5.41) is 10.9. The van der Waals surface area contributed by atoms with E-state index in [1.807, 2.05) is 0 Å². The van der Waals surface area contributed by atoms with Crippen LogP contribution in [0.15, 0.2) is 29.6 Å². The molecule has 1 saturated heterocycles. The summed E-state index contributed by atoms with van der Waals surface area (Å²) in [7, 11) is -3.50. The SMILES string of the molecule is CC(=O)C(=Cc1cccc([N+](=O)[O-])c1)[P+]1(O)O[C@@H](C)C[C@H](C)O1. The van der Waals surface area contributed by atoms with Gasteiger partial charge in [-0.25, -0.2) is 0 Å². The van der Waals surface area contributed by atoms with Crippen LogP contribution in [0.3, 0.4) is 0 Å². The van der Waals surface area contributed by atoms with Gasteiger partial charge < -0.3 is 0 Å². The number of non-ortho nitro benzene ring substituents is 1. The minimum Gasteiger partial charge on any atom is -0.290 e. The van der Waals surface area contributed by atoms with Gasteiger partial charge in [0.1, 0.15) is 12.2 Å². The molecule has 1 aromatic rings. The first-order valence-electron chi connectivity index (χ1n) is 7.17. The molecule has 8 heteroatoms. The first-order chi connectivity index (χ1) is 10.7. The molecule has 1 fully saturated rings. The number of ketones is 1. The lowest BCUT2D eigenvalue weighted by molar-refractivity contribution is -0.384. The third-order valence-electron chi connectivity index (χ3n) is 3.36. The van der Waals surface area contributed by atoms with Gasteiger partial charge in [-0.15, -0.1) is 0 Å². The third kappa shape index (κ3) is 4.20. The van der Waals surface area contributed by atoms with Crippen molar-refractivity contribution >= 4 is 25.5 Å². The van der Waals surface area contributed by atoms with Crippen LogP contribution in [-0.4, -0.2) is 27.8 Å². The van der Waals surface area contributed by atoms with Crippen LogP contribution in [-0.2, 0) is 13.8 Å². The average molecular weight is 340 g/mol. The molecule has 1 heterocycles.